The van der Waals surface area contributed by atoms with Crippen molar-refractivity contribution in [1.82, 2.24) is 0 Å². The van der Waals surface area contributed by atoms with Crippen molar-refractivity contribution in [3.63, 3.8) is 0 Å². The van der Waals surface area contributed by atoms with Crippen molar-refractivity contribution in [1.29, 1.82) is 0 Å². The third-order valence-electron chi connectivity index (χ3n) is 3.52. The van der Waals surface area contributed by atoms with Crippen LogP contribution in [0.15, 0.2) is 24.3 Å². The van der Waals surface area contributed by atoms with Crippen molar-refractivity contribution in [2.75, 3.05) is 25.6 Å². The molecule has 1 aromatic carbocycles. The molecule has 2 atom stereocenters. The lowest BCUT2D eigenvalue weighted by Crippen LogP contribution is -2.30. The van der Waals surface area contributed by atoms with Crippen molar-refractivity contribution in [3.8, 4) is 0 Å². The molecule has 1 aromatic rings. The summed E-state index contributed by atoms with van der Waals surface area (Å²) in [5.41, 5.74) is 1.48. The number of likely N-dealkylation sites (N-methyl/N-ethyl adjacent to an activating group) is 1. The summed E-state index contributed by atoms with van der Waals surface area (Å²) in [4.78, 5) is 13.8. The van der Waals surface area contributed by atoms with Crippen LogP contribution in [0.25, 0.3) is 0 Å². The molecular formula is C15H21NO3. The van der Waals surface area contributed by atoms with Crippen molar-refractivity contribution in [2.45, 2.75) is 32.0 Å². The molecule has 104 valence electrons. The fourth-order valence-electron chi connectivity index (χ4n) is 2.51. The second-order valence-corrected chi connectivity index (χ2v) is 5.04. The molecule has 1 heterocycles. The van der Waals surface area contributed by atoms with Gasteiger partial charge in [-0.1, -0.05) is 12.1 Å². The van der Waals surface area contributed by atoms with Crippen LogP contribution in [-0.4, -0.2) is 38.9 Å². The van der Waals surface area contributed by atoms with Gasteiger partial charge in [0.1, 0.15) is 0 Å². The highest BCUT2D eigenvalue weighted by molar-refractivity contribution is 5.95. The number of ether oxygens (including phenoxy) is 2. The maximum absolute atomic E-state index is 11.7. The maximum atomic E-state index is 11.7. The first-order chi connectivity index (χ1) is 9.11. The third-order valence-corrected chi connectivity index (χ3v) is 3.52. The highest BCUT2D eigenvalue weighted by Crippen LogP contribution is 2.24. The van der Waals surface area contributed by atoms with Gasteiger partial charge in [-0.25, -0.2) is 4.79 Å². The molecule has 2 rings (SSSR count). The molecular weight excluding hydrogens is 242 g/mol. The summed E-state index contributed by atoms with van der Waals surface area (Å²) in [5, 5.41) is 0. The number of methoxy groups -OCH3 is 1. The predicted octanol–water partition coefficient (Wildman–Crippen LogP) is 2.48. The van der Waals surface area contributed by atoms with E-state index in [2.05, 4.69) is 11.8 Å². The van der Waals surface area contributed by atoms with Crippen LogP contribution < -0.4 is 4.90 Å². The molecule has 0 radical (unpaired) electrons. The quantitative estimate of drug-likeness (QED) is 0.782. The number of esters is 1. The average molecular weight is 263 g/mol. The van der Waals surface area contributed by atoms with Crippen LogP contribution in [0.4, 0.5) is 5.69 Å². The molecule has 1 aliphatic heterocycles. The second kappa shape index (κ2) is 6.06. The van der Waals surface area contributed by atoms with Crippen LogP contribution in [0, 0.1) is 0 Å². The zero-order valence-corrected chi connectivity index (χ0v) is 11.8. The Hall–Kier alpha value is -1.55. The minimum atomic E-state index is -0.303. The Morgan fingerprint density at radius 1 is 1.42 bits per heavy atom. The van der Waals surface area contributed by atoms with E-state index in [0.29, 0.717) is 11.7 Å². The van der Waals surface area contributed by atoms with Gasteiger partial charge >= 0.3 is 5.97 Å². The summed E-state index contributed by atoms with van der Waals surface area (Å²) < 4.78 is 10.6. The maximum Gasteiger partial charge on any atom is 0.339 e. The lowest BCUT2D eigenvalue weighted by atomic mass is 10.1. The molecule has 0 aliphatic carbocycles. The number of carbonyl (C=O) groups is 1. The Morgan fingerprint density at radius 2 is 2.16 bits per heavy atom. The topological polar surface area (TPSA) is 38.8 Å². The van der Waals surface area contributed by atoms with E-state index in [4.69, 9.17) is 9.47 Å². The van der Waals surface area contributed by atoms with E-state index in [-0.39, 0.29) is 12.1 Å². The fourth-order valence-corrected chi connectivity index (χ4v) is 2.51. The van der Waals surface area contributed by atoms with E-state index >= 15 is 0 Å². The van der Waals surface area contributed by atoms with E-state index in [9.17, 15) is 4.79 Å². The van der Waals surface area contributed by atoms with Crippen LogP contribution in [0.2, 0.25) is 0 Å². The Labute approximate surface area is 114 Å². The highest BCUT2D eigenvalue weighted by atomic mass is 16.5. The van der Waals surface area contributed by atoms with Crippen LogP contribution >= 0.6 is 0 Å². The van der Waals surface area contributed by atoms with Crippen LogP contribution in [0.3, 0.4) is 0 Å². The van der Waals surface area contributed by atoms with E-state index in [1.165, 1.54) is 7.11 Å². The number of hydrogen-bond donors (Lipinski definition) is 0. The molecule has 1 aliphatic rings. The van der Waals surface area contributed by atoms with Gasteiger partial charge in [0.05, 0.1) is 30.6 Å². The largest absolute Gasteiger partial charge is 0.465 e. The zero-order valence-electron chi connectivity index (χ0n) is 11.8. The number of nitrogens with zero attached hydrogens (tertiary/aromatic N) is 1. The van der Waals surface area contributed by atoms with Gasteiger partial charge in [-0.3, -0.25) is 0 Å². The van der Waals surface area contributed by atoms with Gasteiger partial charge in [-0.05, 0) is 31.9 Å². The molecule has 1 saturated heterocycles. The molecule has 0 spiro atoms. The Bertz CT molecular complexity index is 447. The van der Waals surface area contributed by atoms with Crippen LogP contribution in [-0.2, 0) is 9.47 Å². The second-order valence-electron chi connectivity index (χ2n) is 5.04. The first-order valence-corrected chi connectivity index (χ1v) is 6.65. The summed E-state index contributed by atoms with van der Waals surface area (Å²) in [6, 6.07) is 7.49. The standard InChI is InChI=1S/C15H21NO3/c1-11-8-9-12(19-11)10-16(2)14-7-5-4-6-13(14)15(17)18-3/h4-7,11-12H,8-10H2,1-3H3. The molecule has 2 unspecified atom stereocenters. The van der Waals surface area contributed by atoms with Crippen molar-refractivity contribution in [2.24, 2.45) is 0 Å². The van der Waals surface area contributed by atoms with Gasteiger partial charge in [0.25, 0.3) is 0 Å². The number of carbonyl (C=O) groups excluding carboxylic acids is 1. The molecule has 0 amide bonds. The Balaban J connectivity index is 2.10. The normalized spacial score (nSPS) is 22.3. The van der Waals surface area contributed by atoms with E-state index < -0.39 is 0 Å². The zero-order chi connectivity index (χ0) is 13.8. The van der Waals surface area contributed by atoms with Gasteiger partial charge in [-0.2, -0.15) is 0 Å². The fraction of sp³-hybridized carbons (Fsp3) is 0.533. The minimum absolute atomic E-state index is 0.241. The number of para-hydroxylation sites is 1. The first-order valence-electron chi connectivity index (χ1n) is 6.65. The number of rotatable bonds is 4. The molecule has 19 heavy (non-hydrogen) atoms. The van der Waals surface area contributed by atoms with Gasteiger partial charge in [0, 0.05) is 13.6 Å². The Morgan fingerprint density at radius 3 is 2.79 bits per heavy atom. The molecule has 1 fully saturated rings. The van der Waals surface area contributed by atoms with Gasteiger partial charge < -0.3 is 14.4 Å². The van der Waals surface area contributed by atoms with Crippen molar-refractivity contribution in [3.05, 3.63) is 29.8 Å². The SMILES string of the molecule is COC(=O)c1ccccc1N(C)CC1CCC(C)O1. The third kappa shape index (κ3) is 3.26. The molecule has 0 bridgehead atoms. The van der Waals surface area contributed by atoms with Gasteiger partial charge in [-0.15, -0.1) is 0 Å². The number of hydrogen-bond acceptors (Lipinski definition) is 4. The summed E-state index contributed by atoms with van der Waals surface area (Å²) >= 11 is 0. The molecule has 0 saturated carbocycles. The van der Waals surface area contributed by atoms with E-state index in [0.717, 1.165) is 25.1 Å². The predicted molar refractivity (Wildman–Crippen MR) is 74.6 cm³/mol. The van der Waals surface area contributed by atoms with Crippen LogP contribution in [0.1, 0.15) is 30.1 Å². The molecule has 0 N–H and O–H groups in total. The van der Waals surface area contributed by atoms with E-state index in [1.807, 2.05) is 25.2 Å². The number of benzene rings is 1. The van der Waals surface area contributed by atoms with E-state index in [1.54, 1.807) is 6.07 Å². The molecule has 0 aromatic heterocycles. The van der Waals surface area contributed by atoms with Crippen LogP contribution in [0.5, 0.6) is 0 Å². The lowest BCUT2D eigenvalue weighted by Gasteiger charge is -2.24. The lowest BCUT2D eigenvalue weighted by molar-refractivity contribution is 0.0586. The number of anilines is 1. The summed E-state index contributed by atoms with van der Waals surface area (Å²) in [7, 11) is 3.38. The highest BCUT2D eigenvalue weighted by Gasteiger charge is 2.24. The summed E-state index contributed by atoms with van der Waals surface area (Å²) in [5.74, 6) is -0.303. The average Bonchev–Trinajstić information content (AvgIpc) is 2.83. The molecule has 4 heteroatoms. The monoisotopic (exact) mass is 263 g/mol. The van der Waals surface area contributed by atoms with Gasteiger partial charge in [0.15, 0.2) is 0 Å². The van der Waals surface area contributed by atoms with Crippen molar-refractivity contribution >= 4 is 11.7 Å². The first kappa shape index (κ1) is 13.9. The summed E-state index contributed by atoms with van der Waals surface area (Å²) in [6.45, 7) is 2.89. The Kier molecular flexibility index (Phi) is 4.43. The summed E-state index contributed by atoms with van der Waals surface area (Å²) in [6.07, 6.45) is 2.77. The molecule has 4 nitrogen and oxygen atoms in total. The van der Waals surface area contributed by atoms with Crippen molar-refractivity contribution < 1.29 is 14.3 Å². The minimum Gasteiger partial charge on any atom is -0.465 e. The smallest absolute Gasteiger partial charge is 0.339 e. The van der Waals surface area contributed by atoms with Gasteiger partial charge in [0.2, 0.25) is 0 Å².